The van der Waals surface area contributed by atoms with Gasteiger partial charge in [0.15, 0.2) is 11.7 Å². The highest BCUT2D eigenvalue weighted by molar-refractivity contribution is 6.32. The molecule has 0 radical (unpaired) electrons. The number of hydrogen-bond acceptors (Lipinski definition) is 6. The van der Waals surface area contributed by atoms with E-state index in [4.69, 9.17) is 21.4 Å². The summed E-state index contributed by atoms with van der Waals surface area (Å²) in [6.45, 7) is -0.268. The number of benzene rings is 1. The van der Waals surface area contributed by atoms with E-state index in [2.05, 4.69) is 10.4 Å². The maximum Gasteiger partial charge on any atom is 0.248 e. The van der Waals surface area contributed by atoms with Crippen LogP contribution in [0.3, 0.4) is 0 Å². The number of aliphatic hydroxyl groups excluding tert-OH is 2. The summed E-state index contributed by atoms with van der Waals surface area (Å²) in [6, 6.07) is 9.43. The number of nitrogens with zero attached hydrogens (tertiary/aromatic N) is 3. The molecule has 0 bridgehead atoms. The first-order chi connectivity index (χ1) is 15.9. The molecular weight excluding hydrogens is 448 g/mol. The van der Waals surface area contributed by atoms with Crippen molar-refractivity contribution in [3.8, 4) is 17.4 Å². The standard InChI is InChI=1S/C23H27ClN4O5/c24-18-6-1-2-7-20(18)33-17-11-22(31)28(13-17)19(10-15-4-3-5-15)23(32)25-21-8-9-27(26-21)12-16(30)14-29/h1-2,6-9,11,13,15-16,19,29-31H,3-5,10,12,14H2,(H,25,26,32)/t16-,19-/m1/s1. The van der Waals surface area contributed by atoms with Crippen molar-refractivity contribution in [2.75, 3.05) is 11.9 Å². The van der Waals surface area contributed by atoms with Crippen LogP contribution in [0.4, 0.5) is 5.82 Å². The molecule has 10 heteroatoms. The Kier molecular flexibility index (Phi) is 7.22. The molecule has 2 aromatic heterocycles. The molecule has 33 heavy (non-hydrogen) atoms. The van der Waals surface area contributed by atoms with E-state index in [-0.39, 0.29) is 24.9 Å². The molecule has 0 unspecified atom stereocenters. The van der Waals surface area contributed by atoms with Gasteiger partial charge in [-0.2, -0.15) is 5.10 Å². The maximum absolute atomic E-state index is 13.2. The van der Waals surface area contributed by atoms with Crippen molar-refractivity contribution in [2.45, 2.75) is 44.4 Å². The average Bonchev–Trinajstić information content (AvgIpc) is 3.34. The third-order valence-corrected chi connectivity index (χ3v) is 6.10. The third kappa shape index (κ3) is 5.68. The van der Waals surface area contributed by atoms with E-state index in [1.165, 1.54) is 15.3 Å². The first-order valence-electron chi connectivity index (χ1n) is 10.9. The smallest absolute Gasteiger partial charge is 0.248 e. The molecule has 0 aliphatic heterocycles. The molecule has 176 valence electrons. The third-order valence-electron chi connectivity index (χ3n) is 5.79. The quantitative estimate of drug-likeness (QED) is 0.356. The molecule has 4 rings (SSSR count). The number of para-hydroxylation sites is 1. The van der Waals surface area contributed by atoms with Crippen molar-refractivity contribution in [1.29, 1.82) is 0 Å². The first kappa shape index (κ1) is 23.2. The van der Waals surface area contributed by atoms with Gasteiger partial charge in [-0.3, -0.25) is 9.48 Å². The minimum atomic E-state index is -0.937. The van der Waals surface area contributed by atoms with Gasteiger partial charge in [-0.05, 0) is 24.5 Å². The number of halogens is 1. The monoisotopic (exact) mass is 474 g/mol. The van der Waals surface area contributed by atoms with Crippen LogP contribution in [0.5, 0.6) is 17.4 Å². The van der Waals surface area contributed by atoms with Crippen molar-refractivity contribution >= 4 is 23.3 Å². The van der Waals surface area contributed by atoms with Crippen molar-refractivity contribution < 1.29 is 24.9 Å². The highest BCUT2D eigenvalue weighted by atomic mass is 35.5. The zero-order valence-electron chi connectivity index (χ0n) is 18.0. The molecule has 9 nitrogen and oxygen atoms in total. The topological polar surface area (TPSA) is 122 Å². The number of nitrogens with one attached hydrogen (secondary N) is 1. The van der Waals surface area contributed by atoms with Gasteiger partial charge in [0, 0.05) is 18.3 Å². The Morgan fingerprint density at radius 1 is 1.30 bits per heavy atom. The Labute approximate surface area is 196 Å². The summed E-state index contributed by atoms with van der Waals surface area (Å²) in [4.78, 5) is 13.2. The lowest BCUT2D eigenvalue weighted by molar-refractivity contribution is -0.120. The van der Waals surface area contributed by atoms with Crippen LogP contribution in [0.1, 0.15) is 31.7 Å². The van der Waals surface area contributed by atoms with Crippen LogP contribution in [0.25, 0.3) is 0 Å². The van der Waals surface area contributed by atoms with Crippen LogP contribution < -0.4 is 10.1 Å². The molecule has 2 atom stereocenters. The summed E-state index contributed by atoms with van der Waals surface area (Å²) in [7, 11) is 0. The molecule has 1 aliphatic rings. The highest BCUT2D eigenvalue weighted by Gasteiger charge is 2.30. The van der Waals surface area contributed by atoms with E-state index in [0.29, 0.717) is 34.7 Å². The number of rotatable bonds is 10. The van der Waals surface area contributed by atoms with Crippen LogP contribution in [0.2, 0.25) is 5.02 Å². The molecule has 1 fully saturated rings. The molecule has 1 saturated carbocycles. The van der Waals surface area contributed by atoms with Gasteiger partial charge < -0.3 is 29.9 Å². The van der Waals surface area contributed by atoms with E-state index >= 15 is 0 Å². The van der Waals surface area contributed by atoms with Crippen LogP contribution in [0.15, 0.2) is 48.8 Å². The van der Waals surface area contributed by atoms with E-state index in [1.54, 1.807) is 42.7 Å². The van der Waals surface area contributed by atoms with Crippen LogP contribution in [0, 0.1) is 5.92 Å². The number of amides is 1. The number of aliphatic hydroxyl groups is 2. The Bertz CT molecular complexity index is 1090. The van der Waals surface area contributed by atoms with Crippen molar-refractivity contribution in [3.63, 3.8) is 0 Å². The summed E-state index contributed by atoms with van der Waals surface area (Å²) < 4.78 is 8.76. The molecule has 0 saturated heterocycles. The van der Waals surface area contributed by atoms with Crippen LogP contribution >= 0.6 is 11.6 Å². The molecule has 3 aromatic rings. The van der Waals surface area contributed by atoms with Gasteiger partial charge in [-0.1, -0.05) is 43.0 Å². The normalized spacial score (nSPS) is 15.6. The largest absolute Gasteiger partial charge is 0.494 e. The lowest BCUT2D eigenvalue weighted by atomic mass is 9.80. The van der Waals surface area contributed by atoms with Crippen molar-refractivity contribution in [3.05, 3.63) is 53.8 Å². The van der Waals surface area contributed by atoms with E-state index in [9.17, 15) is 15.0 Å². The number of hydrogen-bond donors (Lipinski definition) is 4. The van der Waals surface area contributed by atoms with Gasteiger partial charge in [-0.25, -0.2) is 0 Å². The summed E-state index contributed by atoms with van der Waals surface area (Å²) in [5.41, 5.74) is 0. The Morgan fingerprint density at radius 2 is 2.09 bits per heavy atom. The fourth-order valence-electron chi connectivity index (χ4n) is 3.81. The molecule has 1 amide bonds. The molecule has 1 aliphatic carbocycles. The summed E-state index contributed by atoms with van der Waals surface area (Å²) in [5.74, 6) is 1.13. The van der Waals surface area contributed by atoms with Gasteiger partial charge in [0.1, 0.15) is 17.5 Å². The lowest BCUT2D eigenvalue weighted by Gasteiger charge is -2.29. The summed E-state index contributed by atoms with van der Waals surface area (Å²) in [5, 5.41) is 36.6. The van der Waals surface area contributed by atoms with Gasteiger partial charge in [0.25, 0.3) is 0 Å². The summed E-state index contributed by atoms with van der Waals surface area (Å²) >= 11 is 6.17. The second kappa shape index (κ2) is 10.3. The van der Waals surface area contributed by atoms with Gasteiger partial charge in [0.2, 0.25) is 5.91 Å². The molecular formula is C23H27ClN4O5. The fourth-order valence-corrected chi connectivity index (χ4v) is 3.98. The van der Waals surface area contributed by atoms with Crippen molar-refractivity contribution in [2.24, 2.45) is 5.92 Å². The Balaban J connectivity index is 1.51. The molecule has 1 aromatic carbocycles. The SMILES string of the molecule is O=C(Nc1ccn(C[C@@H](O)CO)n1)[C@@H](CC1CCC1)n1cc(Oc2ccccc2Cl)cc1O. The summed E-state index contributed by atoms with van der Waals surface area (Å²) in [6.07, 6.45) is 6.06. The van der Waals surface area contributed by atoms with Gasteiger partial charge in [0.05, 0.1) is 30.5 Å². The molecule has 2 heterocycles. The minimum Gasteiger partial charge on any atom is -0.494 e. The second-order valence-electron chi connectivity index (χ2n) is 8.27. The number of ether oxygens (including phenoxy) is 1. The first-order valence-corrected chi connectivity index (χ1v) is 11.3. The zero-order chi connectivity index (χ0) is 23.4. The number of aromatic nitrogens is 3. The molecule has 0 spiro atoms. The number of carbonyl (C=O) groups is 1. The molecule has 4 N–H and O–H groups in total. The Hall–Kier alpha value is -3.01. The van der Waals surface area contributed by atoms with Crippen molar-refractivity contribution in [1.82, 2.24) is 14.3 Å². The predicted molar refractivity (Wildman–Crippen MR) is 123 cm³/mol. The number of anilines is 1. The van der Waals surface area contributed by atoms with E-state index < -0.39 is 12.1 Å². The van der Waals surface area contributed by atoms with E-state index in [1.807, 2.05) is 0 Å². The number of carbonyl (C=O) groups excluding carboxylic acids is 1. The lowest BCUT2D eigenvalue weighted by Crippen LogP contribution is -2.29. The second-order valence-corrected chi connectivity index (χ2v) is 8.68. The van der Waals surface area contributed by atoms with Gasteiger partial charge in [-0.15, -0.1) is 0 Å². The van der Waals surface area contributed by atoms with Crippen LogP contribution in [-0.4, -0.2) is 48.3 Å². The van der Waals surface area contributed by atoms with E-state index in [0.717, 1.165) is 19.3 Å². The predicted octanol–water partition coefficient (Wildman–Crippen LogP) is 3.56. The fraction of sp³-hybridized carbons (Fsp3) is 0.391. The van der Waals surface area contributed by atoms with Gasteiger partial charge >= 0.3 is 0 Å². The maximum atomic E-state index is 13.2. The average molecular weight is 475 g/mol. The van der Waals surface area contributed by atoms with Crippen LogP contribution in [-0.2, 0) is 11.3 Å². The highest BCUT2D eigenvalue weighted by Crippen LogP contribution is 2.38. The minimum absolute atomic E-state index is 0.0897. The zero-order valence-corrected chi connectivity index (χ0v) is 18.7. The number of aromatic hydroxyl groups is 1. The Morgan fingerprint density at radius 3 is 2.79 bits per heavy atom.